The van der Waals surface area contributed by atoms with Gasteiger partial charge in [0.25, 0.3) is 0 Å². The molecule has 2 aromatic carbocycles. The molecule has 0 atom stereocenters. The molecule has 3 heteroatoms. The molecular weight excluding hydrogens is 267 g/mol. The van der Waals surface area contributed by atoms with Crippen LogP contribution >= 0.6 is 0 Å². The summed E-state index contributed by atoms with van der Waals surface area (Å²) in [5.41, 5.74) is 3.74. The second kappa shape index (κ2) is 8.03. The normalized spacial score (nSPS) is 9.91. The number of benzene rings is 2. The minimum Gasteiger partial charge on any atom is -0.311 e. The molecule has 0 spiro atoms. The molecule has 1 heterocycles. The maximum Gasteiger partial charge on any atom is 0.116 e. The van der Waals surface area contributed by atoms with Crippen molar-refractivity contribution >= 4 is 13.5 Å². The third kappa shape index (κ3) is 4.49. The minimum atomic E-state index is 0.484. The largest absolute Gasteiger partial charge is 0.311 e. The molecule has 0 bridgehead atoms. The third-order valence-corrected chi connectivity index (χ3v) is 3.54. The molecule has 0 aliphatic rings. The first-order valence-electron chi connectivity index (χ1n) is 7.42. The van der Waals surface area contributed by atoms with Crippen LogP contribution in [-0.4, -0.2) is 17.4 Å². The molecule has 0 radical (unpaired) electrons. The molecule has 3 aromatic rings. The fraction of sp³-hybridized carbons (Fsp3) is 0.105. The summed E-state index contributed by atoms with van der Waals surface area (Å²) >= 11 is 0. The van der Waals surface area contributed by atoms with Gasteiger partial charge in [0.2, 0.25) is 0 Å². The van der Waals surface area contributed by atoms with Gasteiger partial charge in [-0.2, -0.15) is 0 Å². The van der Waals surface area contributed by atoms with Crippen molar-refractivity contribution in [3.8, 4) is 0 Å². The lowest BCUT2D eigenvalue weighted by Gasteiger charge is -2.11. The van der Waals surface area contributed by atoms with Gasteiger partial charge in [0.05, 0.1) is 6.33 Å². The lowest BCUT2D eigenvalue weighted by molar-refractivity contribution is 1.08. The highest BCUT2D eigenvalue weighted by Gasteiger charge is 2.05. The van der Waals surface area contributed by atoms with Gasteiger partial charge in [-0.25, -0.2) is 4.98 Å². The van der Waals surface area contributed by atoms with E-state index in [1.807, 2.05) is 17.7 Å². The summed E-state index contributed by atoms with van der Waals surface area (Å²) in [6, 6.07) is 21.2. The van der Waals surface area contributed by atoms with Crippen molar-refractivity contribution in [2.75, 3.05) is 0 Å². The van der Waals surface area contributed by atoms with Gasteiger partial charge in [0.15, 0.2) is 0 Å². The van der Waals surface area contributed by atoms with Gasteiger partial charge in [0, 0.05) is 18.1 Å². The number of rotatable bonds is 3. The summed E-state index contributed by atoms with van der Waals surface area (Å²) in [5, 5.41) is 0. The van der Waals surface area contributed by atoms with Gasteiger partial charge in [-0.3, -0.25) is 0 Å². The Morgan fingerprint density at radius 3 is 1.82 bits per heavy atom. The number of nitrogens with zero attached hydrogens (tertiary/aromatic N) is 2. The molecule has 0 saturated carbocycles. The third-order valence-electron chi connectivity index (χ3n) is 3.54. The summed E-state index contributed by atoms with van der Waals surface area (Å²) in [6.07, 6.45) is 5.32. The van der Waals surface area contributed by atoms with E-state index in [2.05, 4.69) is 80.1 Å². The molecular formula is C19H21BN2. The Kier molecular flexibility index (Phi) is 5.78. The molecule has 0 N–H and O–H groups in total. The molecule has 2 nitrogen and oxygen atoms in total. The number of aromatic nitrogens is 2. The summed E-state index contributed by atoms with van der Waals surface area (Å²) in [7, 11) is 2.24. The van der Waals surface area contributed by atoms with E-state index in [1.54, 1.807) is 12.5 Å². The van der Waals surface area contributed by atoms with E-state index in [4.69, 9.17) is 0 Å². The van der Waals surface area contributed by atoms with Gasteiger partial charge in [-0.15, -0.1) is 0 Å². The van der Waals surface area contributed by atoms with Crippen molar-refractivity contribution in [1.82, 2.24) is 9.55 Å². The maximum atomic E-state index is 3.85. The van der Waals surface area contributed by atoms with Gasteiger partial charge in [-0.05, 0) is 23.9 Å². The molecule has 0 saturated heterocycles. The van der Waals surface area contributed by atoms with Crippen molar-refractivity contribution in [1.29, 1.82) is 0 Å². The van der Waals surface area contributed by atoms with Gasteiger partial charge < -0.3 is 4.57 Å². The predicted molar refractivity (Wildman–Crippen MR) is 96.5 cm³/mol. The molecule has 22 heavy (non-hydrogen) atoms. The minimum absolute atomic E-state index is 0.484. The van der Waals surface area contributed by atoms with E-state index in [0.717, 1.165) is 5.70 Å². The first-order chi connectivity index (χ1) is 10.7. The van der Waals surface area contributed by atoms with Gasteiger partial charge >= 0.3 is 0 Å². The number of hydrogen-bond donors (Lipinski definition) is 0. The van der Waals surface area contributed by atoms with E-state index >= 15 is 0 Å². The molecule has 3 rings (SSSR count). The monoisotopic (exact) mass is 288 g/mol. The second-order valence-electron chi connectivity index (χ2n) is 5.25. The van der Waals surface area contributed by atoms with Crippen molar-refractivity contribution < 1.29 is 0 Å². The Labute approximate surface area is 133 Å². The highest BCUT2D eigenvalue weighted by Crippen LogP contribution is 2.20. The quantitative estimate of drug-likeness (QED) is 0.671. The van der Waals surface area contributed by atoms with Crippen molar-refractivity contribution in [3.63, 3.8) is 0 Å². The number of imidazole rings is 1. The lowest BCUT2D eigenvalue weighted by Crippen LogP contribution is -1.99. The van der Waals surface area contributed by atoms with Crippen LogP contribution in [0.5, 0.6) is 0 Å². The van der Waals surface area contributed by atoms with Crippen molar-refractivity contribution in [3.05, 3.63) is 97.1 Å². The topological polar surface area (TPSA) is 17.8 Å². The Hall–Kier alpha value is -2.55. The van der Waals surface area contributed by atoms with Crippen LogP contribution in [-0.2, 0) is 0 Å². The van der Waals surface area contributed by atoms with E-state index in [1.165, 1.54) is 11.1 Å². The van der Waals surface area contributed by atoms with Crippen LogP contribution in [0.3, 0.4) is 0 Å². The maximum absolute atomic E-state index is 3.85. The fourth-order valence-corrected chi connectivity index (χ4v) is 2.16. The highest BCUT2D eigenvalue weighted by molar-refractivity contribution is 6.14. The molecule has 0 amide bonds. The Morgan fingerprint density at radius 1 is 1.00 bits per heavy atom. The SMILES string of the molecule is BC(c1ccccc1)c1ccccc1.C=C(C)n1ccnc1. The zero-order valence-electron chi connectivity index (χ0n) is 13.2. The summed E-state index contributed by atoms with van der Waals surface area (Å²) < 4.78 is 1.86. The fourth-order valence-electron chi connectivity index (χ4n) is 2.16. The molecule has 0 fully saturated rings. The average molecular weight is 288 g/mol. The van der Waals surface area contributed by atoms with E-state index in [0.29, 0.717) is 5.82 Å². The van der Waals surface area contributed by atoms with Crippen LogP contribution in [0.25, 0.3) is 5.70 Å². The zero-order chi connectivity index (χ0) is 15.8. The van der Waals surface area contributed by atoms with Crippen LogP contribution in [0.15, 0.2) is 86.0 Å². The van der Waals surface area contributed by atoms with E-state index in [-0.39, 0.29) is 0 Å². The lowest BCUT2D eigenvalue weighted by atomic mass is 9.76. The average Bonchev–Trinajstić information content (AvgIpc) is 3.11. The highest BCUT2D eigenvalue weighted by atomic mass is 15.0. The molecule has 1 aromatic heterocycles. The first-order valence-corrected chi connectivity index (χ1v) is 7.42. The Bertz CT molecular complexity index is 636. The summed E-state index contributed by atoms with van der Waals surface area (Å²) in [4.78, 5) is 3.85. The van der Waals surface area contributed by atoms with E-state index < -0.39 is 0 Å². The second-order valence-corrected chi connectivity index (χ2v) is 5.25. The molecule has 110 valence electrons. The number of allylic oxidation sites excluding steroid dienone is 1. The first kappa shape index (κ1) is 15.8. The smallest absolute Gasteiger partial charge is 0.116 e. The standard InChI is InChI=1S/C13H13B.C6H8N2/c14-13(11-7-3-1-4-8-11)12-9-5-2-6-10-12;1-6(2)8-4-3-7-5-8/h1-10,13H,14H2;3-5H,1H2,2H3. The summed E-state index contributed by atoms with van der Waals surface area (Å²) in [5.74, 6) is 0.484. The van der Waals surface area contributed by atoms with Crippen LogP contribution in [0, 0.1) is 0 Å². The van der Waals surface area contributed by atoms with Gasteiger partial charge in [0.1, 0.15) is 7.85 Å². The zero-order valence-corrected chi connectivity index (χ0v) is 13.2. The van der Waals surface area contributed by atoms with Crippen molar-refractivity contribution in [2.45, 2.75) is 12.7 Å². The van der Waals surface area contributed by atoms with Gasteiger partial charge in [-0.1, -0.05) is 67.2 Å². The molecule has 0 aliphatic carbocycles. The van der Waals surface area contributed by atoms with Crippen molar-refractivity contribution in [2.24, 2.45) is 0 Å². The Balaban J connectivity index is 0.000000188. The van der Waals surface area contributed by atoms with Crippen LogP contribution in [0.4, 0.5) is 0 Å². The van der Waals surface area contributed by atoms with Crippen LogP contribution < -0.4 is 0 Å². The van der Waals surface area contributed by atoms with E-state index in [9.17, 15) is 0 Å². The van der Waals surface area contributed by atoms with Crippen LogP contribution in [0.2, 0.25) is 0 Å². The summed E-state index contributed by atoms with van der Waals surface area (Å²) in [6.45, 7) is 5.65. The molecule has 0 aliphatic heterocycles. The Morgan fingerprint density at radius 2 is 1.50 bits per heavy atom. The predicted octanol–water partition coefficient (Wildman–Crippen LogP) is 3.78. The molecule has 0 unspecified atom stereocenters. The van der Waals surface area contributed by atoms with Crippen LogP contribution in [0.1, 0.15) is 23.9 Å². The number of hydrogen-bond acceptors (Lipinski definition) is 1.